The van der Waals surface area contributed by atoms with E-state index in [1.807, 2.05) is 23.7 Å². The zero-order chi connectivity index (χ0) is 12.7. The Morgan fingerprint density at radius 1 is 1.33 bits per heavy atom. The second kappa shape index (κ2) is 4.03. The number of furan rings is 1. The van der Waals surface area contributed by atoms with Crippen molar-refractivity contribution in [3.8, 4) is 0 Å². The van der Waals surface area contributed by atoms with Crippen LogP contribution in [-0.4, -0.2) is 10.4 Å². The lowest BCUT2D eigenvalue weighted by molar-refractivity contribution is 0.101. The number of fused-ring (bicyclic) bond motifs is 1. The molecule has 18 heavy (non-hydrogen) atoms. The maximum atomic E-state index is 12.3. The third-order valence-electron chi connectivity index (χ3n) is 2.94. The van der Waals surface area contributed by atoms with Gasteiger partial charge in [-0.05, 0) is 24.3 Å². The first-order valence-corrected chi connectivity index (χ1v) is 5.87. The standard InChI is InChI=1S/C14H10ClNO2/c1-16-8-11(14(17)13-3-2-6-18-13)10-5-4-9(15)7-12(10)16/h2-8H,1H3. The molecule has 2 aromatic heterocycles. The van der Waals surface area contributed by atoms with E-state index in [1.165, 1.54) is 6.26 Å². The Morgan fingerprint density at radius 2 is 2.17 bits per heavy atom. The van der Waals surface area contributed by atoms with Gasteiger partial charge in [-0.15, -0.1) is 0 Å². The molecule has 0 unspecified atom stereocenters. The van der Waals surface area contributed by atoms with E-state index in [0.717, 1.165) is 10.9 Å². The van der Waals surface area contributed by atoms with Crippen LogP contribution in [0, 0.1) is 0 Å². The summed E-state index contributed by atoms with van der Waals surface area (Å²) >= 11 is 5.96. The summed E-state index contributed by atoms with van der Waals surface area (Å²) in [6.45, 7) is 0. The minimum Gasteiger partial charge on any atom is -0.461 e. The molecule has 2 heterocycles. The molecule has 0 radical (unpaired) electrons. The summed E-state index contributed by atoms with van der Waals surface area (Å²) < 4.78 is 7.03. The Hall–Kier alpha value is -2.00. The van der Waals surface area contributed by atoms with Crippen LogP contribution in [0.25, 0.3) is 10.9 Å². The van der Waals surface area contributed by atoms with Crippen molar-refractivity contribution in [2.24, 2.45) is 7.05 Å². The van der Waals surface area contributed by atoms with Crippen LogP contribution in [0.5, 0.6) is 0 Å². The molecule has 3 aromatic rings. The zero-order valence-corrected chi connectivity index (χ0v) is 10.4. The minimum atomic E-state index is -0.118. The van der Waals surface area contributed by atoms with Crippen molar-refractivity contribution >= 4 is 28.3 Å². The minimum absolute atomic E-state index is 0.118. The number of rotatable bonds is 2. The number of ketones is 1. The number of carbonyl (C=O) groups excluding carboxylic acids is 1. The molecule has 0 fully saturated rings. The molecule has 0 aliphatic heterocycles. The molecular weight excluding hydrogens is 250 g/mol. The molecule has 3 rings (SSSR count). The van der Waals surface area contributed by atoms with E-state index >= 15 is 0 Å². The van der Waals surface area contributed by atoms with Crippen molar-refractivity contribution in [2.45, 2.75) is 0 Å². The van der Waals surface area contributed by atoms with Crippen LogP contribution in [0.15, 0.2) is 47.2 Å². The lowest BCUT2D eigenvalue weighted by atomic mass is 10.1. The Balaban J connectivity index is 2.22. The van der Waals surface area contributed by atoms with Crippen LogP contribution in [0.3, 0.4) is 0 Å². The summed E-state index contributed by atoms with van der Waals surface area (Å²) in [5.41, 5.74) is 1.55. The fourth-order valence-corrected chi connectivity index (χ4v) is 2.24. The molecule has 1 aromatic carbocycles. The Labute approximate surface area is 109 Å². The van der Waals surface area contributed by atoms with Gasteiger partial charge in [0.2, 0.25) is 5.78 Å². The zero-order valence-electron chi connectivity index (χ0n) is 9.68. The van der Waals surface area contributed by atoms with Gasteiger partial charge in [0.1, 0.15) is 0 Å². The van der Waals surface area contributed by atoms with E-state index < -0.39 is 0 Å². The summed E-state index contributed by atoms with van der Waals surface area (Å²) in [6, 6.07) is 8.85. The molecular formula is C14H10ClNO2. The maximum absolute atomic E-state index is 12.3. The van der Waals surface area contributed by atoms with Crippen LogP contribution < -0.4 is 0 Å². The fraction of sp³-hybridized carbons (Fsp3) is 0.0714. The van der Waals surface area contributed by atoms with Gasteiger partial charge in [0, 0.05) is 29.2 Å². The smallest absolute Gasteiger partial charge is 0.230 e. The highest BCUT2D eigenvalue weighted by Gasteiger charge is 2.17. The van der Waals surface area contributed by atoms with Gasteiger partial charge < -0.3 is 8.98 Å². The SMILES string of the molecule is Cn1cc(C(=O)c2ccco2)c2ccc(Cl)cc21. The van der Waals surface area contributed by atoms with Crippen molar-refractivity contribution in [3.63, 3.8) is 0 Å². The van der Waals surface area contributed by atoms with E-state index in [4.69, 9.17) is 16.0 Å². The molecule has 0 bridgehead atoms. The topological polar surface area (TPSA) is 35.1 Å². The van der Waals surface area contributed by atoms with Crippen LogP contribution in [0.4, 0.5) is 0 Å². The molecule has 0 saturated heterocycles. The molecule has 90 valence electrons. The van der Waals surface area contributed by atoms with Crippen molar-refractivity contribution in [1.29, 1.82) is 0 Å². The molecule has 4 heteroatoms. The van der Waals surface area contributed by atoms with Crippen molar-refractivity contribution in [2.75, 3.05) is 0 Å². The third kappa shape index (κ3) is 1.64. The molecule has 0 atom stereocenters. The number of nitrogens with zero attached hydrogens (tertiary/aromatic N) is 1. The fourth-order valence-electron chi connectivity index (χ4n) is 2.08. The van der Waals surface area contributed by atoms with Crippen LogP contribution >= 0.6 is 11.6 Å². The average Bonchev–Trinajstić information content (AvgIpc) is 2.97. The van der Waals surface area contributed by atoms with Gasteiger partial charge in [-0.1, -0.05) is 17.7 Å². The second-order valence-electron chi connectivity index (χ2n) is 4.12. The highest BCUT2D eigenvalue weighted by atomic mass is 35.5. The van der Waals surface area contributed by atoms with Gasteiger partial charge in [0.25, 0.3) is 0 Å². The largest absolute Gasteiger partial charge is 0.461 e. The van der Waals surface area contributed by atoms with Crippen molar-refractivity contribution in [1.82, 2.24) is 4.57 Å². The Bertz CT molecular complexity index is 726. The maximum Gasteiger partial charge on any atom is 0.230 e. The lowest BCUT2D eigenvalue weighted by Crippen LogP contribution is -1.98. The number of benzene rings is 1. The van der Waals surface area contributed by atoms with E-state index in [-0.39, 0.29) is 5.78 Å². The molecule has 0 amide bonds. The van der Waals surface area contributed by atoms with E-state index in [2.05, 4.69) is 0 Å². The van der Waals surface area contributed by atoms with Gasteiger partial charge in [-0.3, -0.25) is 4.79 Å². The predicted molar refractivity (Wildman–Crippen MR) is 70.1 cm³/mol. The summed E-state index contributed by atoms with van der Waals surface area (Å²) in [6.07, 6.45) is 3.29. The van der Waals surface area contributed by atoms with Gasteiger partial charge in [-0.2, -0.15) is 0 Å². The van der Waals surface area contributed by atoms with Crippen LogP contribution in [-0.2, 0) is 7.05 Å². The first-order valence-electron chi connectivity index (χ1n) is 5.49. The van der Waals surface area contributed by atoms with Crippen LogP contribution in [0.2, 0.25) is 5.02 Å². The lowest BCUT2D eigenvalue weighted by Gasteiger charge is -1.97. The number of halogens is 1. The van der Waals surface area contributed by atoms with Gasteiger partial charge >= 0.3 is 0 Å². The number of aromatic nitrogens is 1. The monoisotopic (exact) mass is 259 g/mol. The quantitative estimate of drug-likeness (QED) is 0.659. The first kappa shape index (κ1) is 11.1. The highest BCUT2D eigenvalue weighted by molar-refractivity contribution is 6.31. The third-order valence-corrected chi connectivity index (χ3v) is 3.18. The molecule has 0 aliphatic carbocycles. The summed E-state index contributed by atoms with van der Waals surface area (Å²) in [5.74, 6) is 0.227. The summed E-state index contributed by atoms with van der Waals surface area (Å²) in [5, 5.41) is 1.53. The number of hydrogen-bond acceptors (Lipinski definition) is 2. The normalized spacial score (nSPS) is 11.0. The molecule has 3 nitrogen and oxygen atoms in total. The highest BCUT2D eigenvalue weighted by Crippen LogP contribution is 2.26. The predicted octanol–water partition coefficient (Wildman–Crippen LogP) is 3.66. The van der Waals surface area contributed by atoms with Gasteiger partial charge in [-0.25, -0.2) is 0 Å². The molecule has 0 N–H and O–H groups in total. The Kier molecular flexibility index (Phi) is 2.49. The van der Waals surface area contributed by atoms with Crippen molar-refractivity contribution in [3.05, 3.63) is 59.1 Å². The number of aryl methyl sites for hydroxylation is 1. The number of hydrogen-bond donors (Lipinski definition) is 0. The number of carbonyl (C=O) groups is 1. The van der Waals surface area contributed by atoms with E-state index in [9.17, 15) is 4.79 Å². The van der Waals surface area contributed by atoms with Crippen LogP contribution in [0.1, 0.15) is 16.1 Å². The van der Waals surface area contributed by atoms with E-state index in [0.29, 0.717) is 16.3 Å². The first-order chi connectivity index (χ1) is 8.66. The molecule has 0 spiro atoms. The Morgan fingerprint density at radius 3 is 2.89 bits per heavy atom. The summed E-state index contributed by atoms with van der Waals surface area (Å²) in [4.78, 5) is 12.3. The van der Waals surface area contributed by atoms with Gasteiger partial charge in [0.15, 0.2) is 5.76 Å². The summed E-state index contributed by atoms with van der Waals surface area (Å²) in [7, 11) is 1.89. The average molecular weight is 260 g/mol. The van der Waals surface area contributed by atoms with E-state index in [1.54, 1.807) is 24.4 Å². The second-order valence-corrected chi connectivity index (χ2v) is 4.56. The van der Waals surface area contributed by atoms with Crippen molar-refractivity contribution < 1.29 is 9.21 Å². The van der Waals surface area contributed by atoms with Gasteiger partial charge in [0.05, 0.1) is 11.8 Å². The molecule has 0 aliphatic rings. The molecule has 0 saturated carbocycles.